The molecule has 0 radical (unpaired) electrons. The van der Waals surface area contributed by atoms with E-state index in [4.69, 9.17) is 4.74 Å². The van der Waals surface area contributed by atoms with Gasteiger partial charge < -0.3 is 4.74 Å². The lowest BCUT2D eigenvalue weighted by Crippen LogP contribution is -2.72. The lowest BCUT2D eigenvalue weighted by atomic mass is 9.83. The summed E-state index contributed by atoms with van der Waals surface area (Å²) in [6.45, 7) is 11.4. The molecule has 0 aromatic carbocycles. The number of hydrogen-bond donors (Lipinski definition) is 0. The molecule has 0 aromatic heterocycles. The highest BCUT2D eigenvalue weighted by Crippen LogP contribution is 2.46. The number of hydrogen-bond acceptors (Lipinski definition) is 2. The van der Waals surface area contributed by atoms with E-state index in [0.29, 0.717) is 0 Å². The first kappa shape index (κ1) is 24.6. The van der Waals surface area contributed by atoms with Crippen LogP contribution in [0.5, 0.6) is 0 Å². The molecule has 1 saturated carbocycles. The zero-order chi connectivity index (χ0) is 21.1. The molecular weight excluding hydrogens is 356 g/mol. The monoisotopic (exact) mass is 405 g/mol. The maximum Gasteiger partial charge on any atom is 0.208 e. The Morgan fingerprint density at radius 2 is 1.48 bits per heavy atom. The van der Waals surface area contributed by atoms with Crippen LogP contribution in [-0.2, 0) is 4.74 Å². The maximum absolute atomic E-state index is 6.99. The summed E-state index contributed by atoms with van der Waals surface area (Å²) in [6.07, 6.45) is 26.2. The molecule has 0 amide bonds. The minimum absolute atomic E-state index is 0.116. The van der Waals surface area contributed by atoms with Crippen molar-refractivity contribution < 1.29 is 9.22 Å². The number of aliphatic imine (C=N–C) groups is 1. The molecule has 0 aromatic rings. The fourth-order valence-corrected chi connectivity index (χ4v) is 5.68. The van der Waals surface area contributed by atoms with E-state index in [2.05, 4.69) is 51.3 Å². The molecule has 0 spiro atoms. The second kappa shape index (κ2) is 12.2. The van der Waals surface area contributed by atoms with Crippen LogP contribution in [0.25, 0.3) is 0 Å². The Kier molecular flexibility index (Phi) is 10.4. The van der Waals surface area contributed by atoms with Gasteiger partial charge in [0.1, 0.15) is 18.3 Å². The van der Waals surface area contributed by atoms with Crippen molar-refractivity contribution in [1.29, 1.82) is 0 Å². The molecule has 1 atom stereocenters. The summed E-state index contributed by atoms with van der Waals surface area (Å²) in [7, 11) is 0. The van der Waals surface area contributed by atoms with Crippen LogP contribution in [0.2, 0.25) is 0 Å². The SMILES string of the molecule is CCCCC(C)(C)[N+]1(C2(OCCC)CCCCCCCCCCC2)C=CN=CC1. The van der Waals surface area contributed by atoms with Gasteiger partial charge in [0, 0.05) is 19.3 Å². The molecule has 3 nitrogen and oxygen atoms in total. The van der Waals surface area contributed by atoms with Crippen molar-refractivity contribution in [3.05, 3.63) is 12.4 Å². The van der Waals surface area contributed by atoms with E-state index in [1.807, 2.05) is 0 Å². The van der Waals surface area contributed by atoms with Crippen LogP contribution in [0.15, 0.2) is 17.4 Å². The highest BCUT2D eigenvalue weighted by Gasteiger charge is 2.58. The summed E-state index contributed by atoms with van der Waals surface area (Å²) < 4.78 is 7.93. The molecule has 168 valence electrons. The Bertz CT molecular complexity index is 499. The molecule has 1 fully saturated rings. The Morgan fingerprint density at radius 3 is 1.97 bits per heavy atom. The lowest BCUT2D eigenvalue weighted by Gasteiger charge is -2.58. The third kappa shape index (κ3) is 6.17. The van der Waals surface area contributed by atoms with Crippen molar-refractivity contribution in [2.24, 2.45) is 4.99 Å². The van der Waals surface area contributed by atoms with Gasteiger partial charge in [-0.1, -0.05) is 65.2 Å². The van der Waals surface area contributed by atoms with Gasteiger partial charge in [0.2, 0.25) is 5.72 Å². The van der Waals surface area contributed by atoms with Crippen molar-refractivity contribution in [3.63, 3.8) is 0 Å². The normalized spacial score (nSPS) is 26.6. The molecule has 29 heavy (non-hydrogen) atoms. The smallest absolute Gasteiger partial charge is 0.208 e. The fraction of sp³-hybridized carbons (Fsp3) is 0.885. The Hall–Kier alpha value is -0.670. The van der Waals surface area contributed by atoms with Gasteiger partial charge in [-0.3, -0.25) is 9.48 Å². The summed E-state index contributed by atoms with van der Waals surface area (Å²) in [5.74, 6) is 0. The molecule has 2 rings (SSSR count). The van der Waals surface area contributed by atoms with Crippen molar-refractivity contribution in [2.75, 3.05) is 13.2 Å². The molecule has 2 aliphatic rings. The van der Waals surface area contributed by atoms with Gasteiger partial charge in [0.05, 0.1) is 19.0 Å². The highest BCUT2D eigenvalue weighted by molar-refractivity contribution is 5.60. The average molecular weight is 406 g/mol. The minimum Gasteiger partial charge on any atom is -0.326 e. The summed E-state index contributed by atoms with van der Waals surface area (Å²) >= 11 is 0. The standard InChI is InChI=1S/C26H49N2O/c1-5-7-17-25(3,4)28(22-20-27-21-23-28)26(29-24-6-2)18-15-13-11-9-8-10-12-14-16-19-26/h20-22H,5-19,23-24H2,1-4H3/q+1. The summed E-state index contributed by atoms with van der Waals surface area (Å²) in [6, 6.07) is 0. The first-order valence-electron chi connectivity index (χ1n) is 12.7. The topological polar surface area (TPSA) is 21.6 Å². The summed E-state index contributed by atoms with van der Waals surface area (Å²) in [4.78, 5) is 4.50. The van der Waals surface area contributed by atoms with Gasteiger partial charge in [-0.2, -0.15) is 0 Å². The van der Waals surface area contributed by atoms with Gasteiger partial charge in [-0.25, -0.2) is 0 Å². The van der Waals surface area contributed by atoms with Crippen LogP contribution in [0, 0.1) is 0 Å². The van der Waals surface area contributed by atoms with Crippen molar-refractivity contribution in [3.8, 4) is 0 Å². The molecule has 1 heterocycles. The van der Waals surface area contributed by atoms with E-state index >= 15 is 0 Å². The molecule has 1 unspecified atom stereocenters. The Morgan fingerprint density at radius 1 is 0.897 bits per heavy atom. The van der Waals surface area contributed by atoms with E-state index in [-0.39, 0.29) is 11.3 Å². The second-order valence-corrected chi connectivity index (χ2v) is 10.1. The number of nitrogens with zero attached hydrogens (tertiary/aromatic N) is 2. The molecule has 3 heteroatoms. The zero-order valence-corrected chi connectivity index (χ0v) is 20.1. The number of rotatable bonds is 8. The van der Waals surface area contributed by atoms with E-state index in [1.54, 1.807) is 0 Å². The molecule has 0 N–H and O–H groups in total. The molecule has 1 aliphatic heterocycles. The van der Waals surface area contributed by atoms with E-state index in [0.717, 1.165) is 24.1 Å². The Labute approximate surface area is 181 Å². The first-order valence-corrected chi connectivity index (χ1v) is 12.7. The van der Waals surface area contributed by atoms with Gasteiger partial charge in [0.15, 0.2) is 0 Å². The molecule has 1 aliphatic carbocycles. The molecular formula is C26H49N2O+. The van der Waals surface area contributed by atoms with Gasteiger partial charge >= 0.3 is 0 Å². The zero-order valence-electron chi connectivity index (χ0n) is 20.1. The average Bonchev–Trinajstić information content (AvgIpc) is 2.72. The third-order valence-corrected chi connectivity index (χ3v) is 7.54. The highest BCUT2D eigenvalue weighted by atomic mass is 16.5. The maximum atomic E-state index is 6.99. The second-order valence-electron chi connectivity index (χ2n) is 10.1. The van der Waals surface area contributed by atoms with Crippen LogP contribution >= 0.6 is 0 Å². The van der Waals surface area contributed by atoms with Crippen LogP contribution < -0.4 is 0 Å². The van der Waals surface area contributed by atoms with Gasteiger partial charge in [-0.05, 0) is 39.5 Å². The van der Waals surface area contributed by atoms with E-state index < -0.39 is 0 Å². The van der Waals surface area contributed by atoms with Crippen LogP contribution in [0.3, 0.4) is 0 Å². The van der Waals surface area contributed by atoms with Gasteiger partial charge in [0.25, 0.3) is 0 Å². The van der Waals surface area contributed by atoms with Crippen molar-refractivity contribution in [2.45, 2.75) is 135 Å². The Balaban J connectivity index is 2.42. The predicted molar refractivity (Wildman–Crippen MR) is 126 cm³/mol. The van der Waals surface area contributed by atoms with Crippen molar-refractivity contribution >= 4 is 6.21 Å². The third-order valence-electron chi connectivity index (χ3n) is 7.54. The van der Waals surface area contributed by atoms with Crippen LogP contribution in [0.1, 0.15) is 124 Å². The first-order chi connectivity index (χ1) is 14.0. The van der Waals surface area contributed by atoms with Crippen molar-refractivity contribution in [1.82, 2.24) is 0 Å². The molecule has 0 saturated heterocycles. The van der Waals surface area contributed by atoms with E-state index in [9.17, 15) is 0 Å². The van der Waals surface area contributed by atoms with Crippen LogP contribution in [0.4, 0.5) is 0 Å². The summed E-state index contributed by atoms with van der Waals surface area (Å²) in [5, 5.41) is 0. The number of ether oxygens (including phenoxy) is 1. The molecule has 0 bridgehead atoms. The largest absolute Gasteiger partial charge is 0.326 e. The predicted octanol–water partition coefficient (Wildman–Crippen LogP) is 7.76. The number of unbranched alkanes of at least 4 members (excludes halogenated alkanes) is 1. The summed E-state index contributed by atoms with van der Waals surface area (Å²) in [5.41, 5.74) is 0.0269. The van der Waals surface area contributed by atoms with E-state index in [1.165, 1.54) is 89.9 Å². The van der Waals surface area contributed by atoms with Gasteiger partial charge in [-0.15, -0.1) is 0 Å². The minimum atomic E-state index is -0.116. The number of quaternary nitrogens is 1. The van der Waals surface area contributed by atoms with Crippen LogP contribution in [-0.4, -0.2) is 35.1 Å². The lowest BCUT2D eigenvalue weighted by molar-refractivity contribution is -0.993. The fourth-order valence-electron chi connectivity index (χ4n) is 5.68. The quantitative estimate of drug-likeness (QED) is 0.378.